The number of fused-ring (bicyclic) bond motifs is 8. The van der Waals surface area contributed by atoms with Gasteiger partial charge in [0, 0.05) is 0 Å². The molecule has 0 nitrogen and oxygen atoms in total. The quantitative estimate of drug-likeness (QED) is 0.115. The Morgan fingerprint density at radius 1 is 0.277 bits per heavy atom. The summed E-state index contributed by atoms with van der Waals surface area (Å²) in [4.78, 5) is 0. The predicted octanol–water partition coefficient (Wildman–Crippen LogP) is 13.5. The first kappa shape index (κ1) is 38.5. The molecule has 2 aliphatic rings. The second-order valence-electron chi connectivity index (χ2n) is 17.3. The standard InChI is InChI=1S/C63H39Ge2/c64-57-36-13-10-25-46(57)43-24-8-7-23-42(43)44-28-15-30-48-53(44)39-54-45(47-32-18-38-59-62(47)51-27-11-14-37-58(51)65-59)29-16-31-49(54)60(48)52-33-17-35-56-61(52)50-26-9-12-34-55(50)63(56,40-19-3-1-4-20-40)41-21-5-2-6-22-41/h1-39H. The van der Waals surface area contributed by atoms with Crippen LogP contribution in [0.25, 0.3) is 88.3 Å². The first-order valence-corrected chi connectivity index (χ1v) is 25.6. The van der Waals surface area contributed by atoms with E-state index in [1.54, 1.807) is 0 Å². The summed E-state index contributed by atoms with van der Waals surface area (Å²) in [6.07, 6.45) is 0. The summed E-state index contributed by atoms with van der Waals surface area (Å²) in [6.45, 7) is 0. The van der Waals surface area contributed by atoms with E-state index in [9.17, 15) is 0 Å². The number of hydrogen-bond acceptors (Lipinski definition) is 0. The molecule has 0 bridgehead atoms. The van der Waals surface area contributed by atoms with Gasteiger partial charge in [-0.25, -0.2) is 0 Å². The Kier molecular flexibility index (Phi) is 9.08. The van der Waals surface area contributed by atoms with Gasteiger partial charge < -0.3 is 0 Å². The average molecular weight is 941 g/mol. The van der Waals surface area contributed by atoms with Crippen LogP contribution in [0.4, 0.5) is 0 Å². The van der Waals surface area contributed by atoms with Crippen LogP contribution in [0.15, 0.2) is 237 Å². The summed E-state index contributed by atoms with van der Waals surface area (Å²) in [6, 6.07) is 89.2. The molecule has 1 heterocycles. The molecule has 11 aromatic rings. The number of rotatable bonds is 6. The van der Waals surface area contributed by atoms with E-state index in [0.717, 1.165) is 0 Å². The van der Waals surface area contributed by atoms with Crippen molar-refractivity contribution in [3.05, 3.63) is 259 Å². The number of benzene rings is 11. The van der Waals surface area contributed by atoms with Crippen molar-refractivity contribution in [2.24, 2.45) is 0 Å². The zero-order chi connectivity index (χ0) is 43.1. The van der Waals surface area contributed by atoms with E-state index in [-0.39, 0.29) is 0 Å². The summed E-state index contributed by atoms with van der Waals surface area (Å²) in [5.41, 5.74) is 20.2. The molecular formula is C63H39Ge2. The second-order valence-corrected chi connectivity index (χ2v) is 21.2. The molecule has 1 aliphatic carbocycles. The normalized spacial score (nSPS) is 13.1. The van der Waals surface area contributed by atoms with Crippen molar-refractivity contribution in [3.63, 3.8) is 0 Å². The van der Waals surface area contributed by atoms with Gasteiger partial charge in [0.15, 0.2) is 0 Å². The van der Waals surface area contributed by atoms with Crippen molar-refractivity contribution >= 4 is 66.7 Å². The minimum absolute atomic E-state index is 0.431. The van der Waals surface area contributed by atoms with Gasteiger partial charge in [0.1, 0.15) is 0 Å². The third-order valence-corrected chi connectivity index (χ3v) is 17.9. The SMILES string of the molecule is [Ge][c]1ccccc1-c1ccccc1-c1cccc2c(-c3cccc4c3-c3ccccc3C4(c3ccccc3)c3ccccc3)c3cccc(-c4ccc[c]5c4-c4cccc[c]4[Ge]5)c3cc12. The minimum atomic E-state index is -0.505. The third kappa shape index (κ3) is 5.77. The Hall–Kier alpha value is -6.97. The molecule has 5 radical (unpaired) electrons. The van der Waals surface area contributed by atoms with Gasteiger partial charge in [-0.2, -0.15) is 0 Å². The molecule has 0 fully saturated rings. The van der Waals surface area contributed by atoms with Crippen molar-refractivity contribution in [3.8, 4) is 66.8 Å². The fourth-order valence-corrected chi connectivity index (χ4v) is 15.0. The van der Waals surface area contributed by atoms with Crippen molar-refractivity contribution in [1.29, 1.82) is 0 Å². The van der Waals surface area contributed by atoms with Crippen LogP contribution in [0.3, 0.4) is 0 Å². The van der Waals surface area contributed by atoms with Gasteiger partial charge in [-0.05, 0) is 0 Å². The van der Waals surface area contributed by atoms with Gasteiger partial charge in [-0.3, -0.25) is 0 Å². The van der Waals surface area contributed by atoms with E-state index >= 15 is 0 Å². The van der Waals surface area contributed by atoms with E-state index in [4.69, 9.17) is 0 Å². The molecule has 0 spiro atoms. The first-order chi connectivity index (χ1) is 32.2. The van der Waals surface area contributed by atoms with E-state index in [0.29, 0.717) is 0 Å². The van der Waals surface area contributed by atoms with Crippen molar-refractivity contribution < 1.29 is 0 Å². The van der Waals surface area contributed by atoms with Crippen LogP contribution in [-0.4, -0.2) is 31.9 Å². The van der Waals surface area contributed by atoms with Gasteiger partial charge in [-0.1, -0.05) is 66.7 Å². The Balaban J connectivity index is 1.18. The summed E-state index contributed by atoms with van der Waals surface area (Å²) in [5, 5.41) is 5.05. The van der Waals surface area contributed by atoms with Crippen LogP contribution < -0.4 is 13.2 Å². The molecule has 0 atom stereocenters. The summed E-state index contributed by atoms with van der Waals surface area (Å²) >= 11 is 1.80. The molecule has 299 valence electrons. The molecule has 65 heavy (non-hydrogen) atoms. The summed E-state index contributed by atoms with van der Waals surface area (Å²) < 4.78 is 4.31. The van der Waals surface area contributed by atoms with Crippen LogP contribution in [0.2, 0.25) is 0 Å². The van der Waals surface area contributed by atoms with Gasteiger partial charge in [0.05, 0.1) is 0 Å². The van der Waals surface area contributed by atoms with E-state index in [1.807, 2.05) is 0 Å². The Labute approximate surface area is 395 Å². The molecule has 11 aromatic carbocycles. The molecule has 2 heteroatoms. The zero-order valence-corrected chi connectivity index (χ0v) is 39.7. The number of hydrogen-bond donors (Lipinski definition) is 0. The molecule has 0 saturated carbocycles. The molecular weight excluding hydrogens is 902 g/mol. The van der Waals surface area contributed by atoms with Crippen LogP contribution in [0.5, 0.6) is 0 Å². The maximum absolute atomic E-state index is 2.53. The predicted molar refractivity (Wildman–Crippen MR) is 276 cm³/mol. The Morgan fingerprint density at radius 3 is 1.43 bits per heavy atom. The summed E-state index contributed by atoms with van der Waals surface area (Å²) in [5.74, 6) is 0. The van der Waals surface area contributed by atoms with E-state index in [2.05, 4.69) is 253 Å². The Bertz CT molecular complexity index is 3660. The molecule has 0 saturated heterocycles. The van der Waals surface area contributed by atoms with Crippen molar-refractivity contribution in [1.82, 2.24) is 0 Å². The molecule has 0 N–H and O–H groups in total. The van der Waals surface area contributed by atoms with Crippen molar-refractivity contribution in [2.75, 3.05) is 0 Å². The Morgan fingerprint density at radius 2 is 0.738 bits per heavy atom. The van der Waals surface area contributed by atoms with Gasteiger partial charge in [0.2, 0.25) is 0 Å². The van der Waals surface area contributed by atoms with E-state index in [1.165, 1.54) is 124 Å². The monoisotopic (exact) mass is 943 g/mol. The van der Waals surface area contributed by atoms with Gasteiger partial charge >= 0.3 is 331 Å². The molecule has 1 aliphatic heterocycles. The topological polar surface area (TPSA) is 0 Å². The maximum atomic E-state index is 2.53. The fourth-order valence-electron chi connectivity index (χ4n) is 11.4. The van der Waals surface area contributed by atoms with Gasteiger partial charge in [0.25, 0.3) is 0 Å². The fraction of sp³-hybridized carbons (Fsp3) is 0.0159. The summed E-state index contributed by atoms with van der Waals surface area (Å²) in [7, 11) is 0. The van der Waals surface area contributed by atoms with Crippen LogP contribution in [0, 0.1) is 0 Å². The molecule has 13 rings (SSSR count). The van der Waals surface area contributed by atoms with Gasteiger partial charge in [-0.15, -0.1) is 0 Å². The van der Waals surface area contributed by atoms with E-state index < -0.39 is 20.8 Å². The van der Waals surface area contributed by atoms with Crippen LogP contribution in [0.1, 0.15) is 22.3 Å². The second kappa shape index (κ2) is 15.3. The molecule has 0 amide bonds. The average Bonchev–Trinajstić information content (AvgIpc) is 3.91. The molecule has 0 aromatic heterocycles. The zero-order valence-electron chi connectivity index (χ0n) is 35.5. The van der Waals surface area contributed by atoms with Crippen LogP contribution >= 0.6 is 0 Å². The van der Waals surface area contributed by atoms with Crippen molar-refractivity contribution in [2.45, 2.75) is 5.41 Å². The third-order valence-electron chi connectivity index (χ3n) is 14.0. The van der Waals surface area contributed by atoms with Crippen LogP contribution in [-0.2, 0) is 5.41 Å². The first-order valence-electron chi connectivity index (χ1n) is 22.4. The molecule has 0 unspecified atom stereocenters.